The quantitative estimate of drug-likeness (QED) is 0.845. The third-order valence-electron chi connectivity index (χ3n) is 2.94. The van der Waals surface area contributed by atoms with Crippen molar-refractivity contribution in [2.24, 2.45) is 0 Å². The molecule has 7 heteroatoms. The molecule has 0 aliphatic carbocycles. The van der Waals surface area contributed by atoms with Gasteiger partial charge in [-0.3, -0.25) is 4.79 Å². The van der Waals surface area contributed by atoms with Gasteiger partial charge in [0.15, 0.2) is 5.82 Å². The first-order valence-corrected chi connectivity index (χ1v) is 6.28. The number of H-pyrrole nitrogens is 1. The molecule has 0 fully saturated rings. The number of hydrogen-bond donors (Lipinski definition) is 2. The summed E-state index contributed by atoms with van der Waals surface area (Å²) in [7, 11) is 0. The number of nitrogens with one attached hydrogen (secondary N) is 2. The molecule has 2 aromatic heterocycles. The van der Waals surface area contributed by atoms with E-state index in [1.807, 2.05) is 43.7 Å². The van der Waals surface area contributed by atoms with E-state index in [9.17, 15) is 4.79 Å². The molecule has 1 atom stereocenters. The summed E-state index contributed by atoms with van der Waals surface area (Å²) in [4.78, 5) is 12.1. The van der Waals surface area contributed by atoms with E-state index in [4.69, 9.17) is 0 Å². The van der Waals surface area contributed by atoms with Crippen LogP contribution in [-0.4, -0.2) is 37.6 Å². The highest BCUT2D eigenvalue weighted by molar-refractivity contribution is 5.92. The number of carbonyl (C=O) groups is 1. The molecule has 2 heterocycles. The van der Waals surface area contributed by atoms with Gasteiger partial charge in [0.25, 0.3) is 5.91 Å². The number of hydrogen-bond acceptors (Lipinski definition) is 4. The Balaban J connectivity index is 1.96. The van der Waals surface area contributed by atoms with Crippen LogP contribution in [0.25, 0.3) is 0 Å². The lowest BCUT2D eigenvalue weighted by Gasteiger charge is -2.14. The largest absolute Gasteiger partial charge is 0.350 e. The van der Waals surface area contributed by atoms with Gasteiger partial charge in [-0.15, -0.1) is 10.2 Å². The molecule has 2 aromatic rings. The maximum Gasteiger partial charge on any atom is 0.267 e. The van der Waals surface area contributed by atoms with E-state index in [1.54, 1.807) is 0 Å². The maximum atomic E-state index is 12.1. The summed E-state index contributed by atoms with van der Waals surface area (Å²) >= 11 is 0. The first-order valence-electron chi connectivity index (χ1n) is 6.28. The second kappa shape index (κ2) is 5.64. The molecule has 0 saturated carbocycles. The SMILES string of the molecule is CC(CNC(=O)c1cccn1C(C)C)c1nn[nH]n1. The van der Waals surface area contributed by atoms with Gasteiger partial charge in [0, 0.05) is 24.7 Å². The van der Waals surface area contributed by atoms with Crippen LogP contribution in [0.2, 0.25) is 0 Å². The Kier molecular flexibility index (Phi) is 3.94. The smallest absolute Gasteiger partial charge is 0.267 e. The van der Waals surface area contributed by atoms with Crippen molar-refractivity contribution in [3.05, 3.63) is 29.8 Å². The van der Waals surface area contributed by atoms with Crippen LogP contribution in [0.3, 0.4) is 0 Å². The van der Waals surface area contributed by atoms with Crippen molar-refractivity contribution in [2.75, 3.05) is 6.54 Å². The van der Waals surface area contributed by atoms with Crippen molar-refractivity contribution in [2.45, 2.75) is 32.7 Å². The van der Waals surface area contributed by atoms with Gasteiger partial charge in [0.1, 0.15) is 5.69 Å². The molecule has 1 unspecified atom stereocenters. The van der Waals surface area contributed by atoms with E-state index in [1.165, 1.54) is 0 Å². The Hall–Kier alpha value is -2.18. The molecule has 7 nitrogen and oxygen atoms in total. The molecule has 102 valence electrons. The fraction of sp³-hybridized carbons (Fsp3) is 0.500. The lowest BCUT2D eigenvalue weighted by Crippen LogP contribution is -2.30. The zero-order chi connectivity index (χ0) is 13.8. The van der Waals surface area contributed by atoms with Crippen molar-refractivity contribution in [1.82, 2.24) is 30.5 Å². The zero-order valence-corrected chi connectivity index (χ0v) is 11.3. The van der Waals surface area contributed by atoms with Gasteiger partial charge in [-0.1, -0.05) is 12.1 Å². The molecule has 0 saturated heterocycles. The Morgan fingerprint density at radius 3 is 2.89 bits per heavy atom. The van der Waals surface area contributed by atoms with E-state index in [2.05, 4.69) is 25.9 Å². The van der Waals surface area contributed by atoms with E-state index < -0.39 is 0 Å². The second-order valence-corrected chi connectivity index (χ2v) is 4.78. The monoisotopic (exact) mass is 262 g/mol. The van der Waals surface area contributed by atoms with E-state index in [0.717, 1.165) is 0 Å². The highest BCUT2D eigenvalue weighted by Crippen LogP contribution is 2.11. The fourth-order valence-electron chi connectivity index (χ4n) is 1.84. The van der Waals surface area contributed by atoms with Crippen LogP contribution in [0.4, 0.5) is 0 Å². The molecular formula is C12H18N6O. The van der Waals surface area contributed by atoms with Crippen LogP contribution >= 0.6 is 0 Å². The third kappa shape index (κ3) is 2.98. The van der Waals surface area contributed by atoms with Crippen LogP contribution in [0.5, 0.6) is 0 Å². The summed E-state index contributed by atoms with van der Waals surface area (Å²) in [5.74, 6) is 0.527. The number of aromatic nitrogens is 5. The van der Waals surface area contributed by atoms with Gasteiger partial charge in [0.2, 0.25) is 0 Å². The van der Waals surface area contributed by atoms with Crippen LogP contribution in [-0.2, 0) is 0 Å². The minimum atomic E-state index is -0.0888. The van der Waals surface area contributed by atoms with Gasteiger partial charge in [-0.25, -0.2) is 0 Å². The predicted molar refractivity (Wildman–Crippen MR) is 69.7 cm³/mol. The van der Waals surface area contributed by atoms with Crippen molar-refractivity contribution >= 4 is 5.91 Å². The summed E-state index contributed by atoms with van der Waals surface area (Å²) < 4.78 is 1.94. The fourth-order valence-corrected chi connectivity index (χ4v) is 1.84. The molecule has 0 aliphatic heterocycles. The molecular weight excluding hydrogens is 244 g/mol. The Morgan fingerprint density at radius 2 is 2.26 bits per heavy atom. The zero-order valence-electron chi connectivity index (χ0n) is 11.3. The molecule has 0 bridgehead atoms. The van der Waals surface area contributed by atoms with Crippen LogP contribution < -0.4 is 5.32 Å². The highest BCUT2D eigenvalue weighted by atomic mass is 16.1. The minimum Gasteiger partial charge on any atom is -0.350 e. The van der Waals surface area contributed by atoms with Crippen molar-refractivity contribution in [3.63, 3.8) is 0 Å². The average Bonchev–Trinajstić information content (AvgIpc) is 3.04. The van der Waals surface area contributed by atoms with Crippen LogP contribution in [0, 0.1) is 0 Å². The van der Waals surface area contributed by atoms with Gasteiger partial charge in [0.05, 0.1) is 0 Å². The summed E-state index contributed by atoms with van der Waals surface area (Å²) in [5, 5.41) is 16.6. The Morgan fingerprint density at radius 1 is 1.47 bits per heavy atom. The standard InChI is InChI=1S/C12H18N6O/c1-8(2)18-6-4-5-10(18)12(19)13-7-9(3)11-14-16-17-15-11/h4-6,8-9H,7H2,1-3H3,(H,13,19)(H,14,15,16,17). The second-order valence-electron chi connectivity index (χ2n) is 4.78. The predicted octanol–water partition coefficient (Wildman–Crippen LogP) is 1.12. The first-order chi connectivity index (χ1) is 9.09. The van der Waals surface area contributed by atoms with Crippen molar-refractivity contribution < 1.29 is 4.79 Å². The number of amides is 1. The maximum absolute atomic E-state index is 12.1. The number of carbonyl (C=O) groups excluding carboxylic acids is 1. The summed E-state index contributed by atoms with van der Waals surface area (Å²) in [6, 6.07) is 3.94. The van der Waals surface area contributed by atoms with Crippen molar-refractivity contribution in [3.8, 4) is 0 Å². The van der Waals surface area contributed by atoms with Crippen LogP contribution in [0.1, 0.15) is 49.0 Å². The van der Waals surface area contributed by atoms with E-state index in [0.29, 0.717) is 18.1 Å². The summed E-state index contributed by atoms with van der Waals surface area (Å²) in [6.45, 7) is 6.49. The molecule has 0 radical (unpaired) electrons. The molecule has 2 N–H and O–H groups in total. The Labute approximate surface area is 111 Å². The number of aromatic amines is 1. The Bertz CT molecular complexity index is 530. The number of rotatable bonds is 5. The van der Waals surface area contributed by atoms with Gasteiger partial charge in [-0.2, -0.15) is 5.21 Å². The van der Waals surface area contributed by atoms with E-state index >= 15 is 0 Å². The van der Waals surface area contributed by atoms with E-state index in [-0.39, 0.29) is 17.9 Å². The lowest BCUT2D eigenvalue weighted by atomic mass is 10.1. The summed E-state index contributed by atoms with van der Waals surface area (Å²) in [6.07, 6.45) is 1.90. The molecule has 2 rings (SSSR count). The third-order valence-corrected chi connectivity index (χ3v) is 2.94. The lowest BCUT2D eigenvalue weighted by molar-refractivity contribution is 0.0940. The van der Waals surface area contributed by atoms with Crippen LogP contribution in [0.15, 0.2) is 18.3 Å². The van der Waals surface area contributed by atoms with Gasteiger partial charge in [-0.05, 0) is 26.0 Å². The average molecular weight is 262 g/mol. The first kappa shape index (κ1) is 13.3. The van der Waals surface area contributed by atoms with Crippen molar-refractivity contribution in [1.29, 1.82) is 0 Å². The minimum absolute atomic E-state index is 0.0187. The molecule has 19 heavy (non-hydrogen) atoms. The molecule has 0 spiro atoms. The number of nitrogens with zero attached hydrogens (tertiary/aromatic N) is 4. The van der Waals surface area contributed by atoms with Gasteiger partial charge >= 0.3 is 0 Å². The topological polar surface area (TPSA) is 88.5 Å². The van der Waals surface area contributed by atoms with Gasteiger partial charge < -0.3 is 9.88 Å². The highest BCUT2D eigenvalue weighted by Gasteiger charge is 2.15. The molecule has 0 aromatic carbocycles. The number of tetrazole rings is 1. The molecule has 1 amide bonds. The summed E-state index contributed by atoms with van der Waals surface area (Å²) in [5.41, 5.74) is 0.662. The molecule has 0 aliphatic rings. The normalized spacial score (nSPS) is 12.6.